The van der Waals surface area contributed by atoms with Gasteiger partial charge >= 0.3 is 0 Å². The number of rotatable bonds is 7. The maximum atomic E-state index is 13.0. The van der Waals surface area contributed by atoms with Crippen LogP contribution in [0.25, 0.3) is 6.08 Å². The van der Waals surface area contributed by atoms with Crippen LogP contribution in [0.15, 0.2) is 34.0 Å². The first kappa shape index (κ1) is 24.1. The minimum atomic E-state index is -0.403. The van der Waals surface area contributed by atoms with E-state index in [-0.39, 0.29) is 11.5 Å². The molecule has 1 aromatic heterocycles. The lowest BCUT2D eigenvalue weighted by Gasteiger charge is -2.18. The standard InChI is InChI=1S/C23H23ClN4O2S2/c1-4-5-10-28-22(30)19(32-23(28)31)11-16-14(2)17(12-25)21(29)27(3)20(16)26-13-15-8-6-7-9-18(15)24/h6-9,11,26H,4-5,10,13H2,1-3H3/b19-11+. The third-order valence-electron chi connectivity index (χ3n) is 5.29. The summed E-state index contributed by atoms with van der Waals surface area (Å²) in [6.07, 6.45) is 3.54. The van der Waals surface area contributed by atoms with Crippen LogP contribution < -0.4 is 10.9 Å². The van der Waals surface area contributed by atoms with Crippen molar-refractivity contribution in [1.82, 2.24) is 9.47 Å². The van der Waals surface area contributed by atoms with Crippen molar-refractivity contribution in [3.05, 3.63) is 66.8 Å². The van der Waals surface area contributed by atoms with Gasteiger partial charge in [0, 0.05) is 30.7 Å². The van der Waals surface area contributed by atoms with Crippen molar-refractivity contribution in [1.29, 1.82) is 5.26 Å². The summed E-state index contributed by atoms with van der Waals surface area (Å²) >= 11 is 12.9. The number of carbonyl (C=O) groups is 1. The first-order valence-electron chi connectivity index (χ1n) is 10.2. The second-order valence-electron chi connectivity index (χ2n) is 7.37. The highest BCUT2D eigenvalue weighted by molar-refractivity contribution is 8.26. The lowest BCUT2D eigenvalue weighted by Crippen LogP contribution is -2.29. The average Bonchev–Trinajstić information content (AvgIpc) is 3.04. The van der Waals surface area contributed by atoms with Crippen LogP contribution in [0.1, 0.15) is 42.0 Å². The number of thioether (sulfide) groups is 1. The topological polar surface area (TPSA) is 78.1 Å². The molecule has 1 aliphatic heterocycles. The number of benzene rings is 1. The molecule has 0 aliphatic carbocycles. The number of nitrogens with zero attached hydrogens (tertiary/aromatic N) is 3. The molecule has 1 aliphatic rings. The second-order valence-corrected chi connectivity index (χ2v) is 9.45. The highest BCUT2D eigenvalue weighted by Gasteiger charge is 2.32. The molecule has 32 heavy (non-hydrogen) atoms. The Labute approximate surface area is 201 Å². The van der Waals surface area contributed by atoms with E-state index >= 15 is 0 Å². The molecule has 0 saturated carbocycles. The van der Waals surface area contributed by atoms with Gasteiger partial charge in [0.1, 0.15) is 21.8 Å². The first-order valence-corrected chi connectivity index (χ1v) is 11.8. The van der Waals surface area contributed by atoms with Crippen molar-refractivity contribution in [3.8, 4) is 6.07 Å². The van der Waals surface area contributed by atoms with Crippen LogP contribution in [0.4, 0.5) is 5.82 Å². The zero-order valence-corrected chi connectivity index (χ0v) is 20.5. The third kappa shape index (κ3) is 4.75. The van der Waals surface area contributed by atoms with Gasteiger partial charge in [-0.1, -0.05) is 67.1 Å². The fraction of sp³-hybridized carbons (Fsp3) is 0.304. The lowest BCUT2D eigenvalue weighted by atomic mass is 10.0. The van der Waals surface area contributed by atoms with Gasteiger partial charge in [-0.3, -0.25) is 19.1 Å². The van der Waals surface area contributed by atoms with E-state index < -0.39 is 5.56 Å². The summed E-state index contributed by atoms with van der Waals surface area (Å²) in [6.45, 7) is 4.72. The Morgan fingerprint density at radius 1 is 1.31 bits per heavy atom. The SMILES string of the molecule is CCCCN1C(=O)/C(=C\c2c(C)c(C#N)c(=O)n(C)c2NCc2ccccc2Cl)SC1=S. The number of carbonyl (C=O) groups excluding carboxylic acids is 1. The van der Waals surface area contributed by atoms with E-state index in [2.05, 4.69) is 12.2 Å². The number of pyridine rings is 1. The molecule has 6 nitrogen and oxygen atoms in total. The molecular formula is C23H23ClN4O2S2. The summed E-state index contributed by atoms with van der Waals surface area (Å²) in [7, 11) is 1.60. The molecule has 9 heteroatoms. The summed E-state index contributed by atoms with van der Waals surface area (Å²) in [5.74, 6) is 0.350. The molecule has 166 valence electrons. The van der Waals surface area contributed by atoms with Gasteiger partial charge in [-0.15, -0.1) is 0 Å². The van der Waals surface area contributed by atoms with Crippen LogP contribution in [0, 0.1) is 18.3 Å². The van der Waals surface area contributed by atoms with E-state index in [0.717, 1.165) is 18.4 Å². The van der Waals surface area contributed by atoms with Crippen molar-refractivity contribution >= 4 is 57.7 Å². The molecule has 2 aromatic rings. The molecule has 0 spiro atoms. The predicted octanol–water partition coefficient (Wildman–Crippen LogP) is 4.83. The van der Waals surface area contributed by atoms with Crippen molar-refractivity contribution in [2.45, 2.75) is 33.2 Å². The average molecular weight is 487 g/mol. The van der Waals surface area contributed by atoms with Crippen LogP contribution in [0.5, 0.6) is 0 Å². The fourth-order valence-electron chi connectivity index (χ4n) is 3.41. The van der Waals surface area contributed by atoms with Crippen molar-refractivity contribution in [2.75, 3.05) is 11.9 Å². The Kier molecular flexibility index (Phi) is 7.77. The Morgan fingerprint density at radius 3 is 2.69 bits per heavy atom. The number of aromatic nitrogens is 1. The van der Waals surface area contributed by atoms with Gasteiger partial charge in [0.2, 0.25) is 0 Å². The number of nitriles is 1. The predicted molar refractivity (Wildman–Crippen MR) is 135 cm³/mol. The molecule has 1 aromatic carbocycles. The molecule has 1 fully saturated rings. The monoisotopic (exact) mass is 486 g/mol. The van der Waals surface area contributed by atoms with Crippen LogP contribution in [0.3, 0.4) is 0 Å². The van der Waals surface area contributed by atoms with Crippen LogP contribution >= 0.6 is 35.6 Å². The van der Waals surface area contributed by atoms with Crippen LogP contribution in [-0.4, -0.2) is 26.2 Å². The maximum absolute atomic E-state index is 13.0. The van der Waals surface area contributed by atoms with E-state index in [1.54, 1.807) is 31.0 Å². The minimum Gasteiger partial charge on any atom is -0.367 e. The van der Waals surface area contributed by atoms with E-state index in [1.807, 2.05) is 24.3 Å². The van der Waals surface area contributed by atoms with E-state index in [0.29, 0.717) is 44.3 Å². The number of nitrogens with one attached hydrogen (secondary N) is 1. The van der Waals surface area contributed by atoms with Crippen molar-refractivity contribution < 1.29 is 4.79 Å². The summed E-state index contributed by atoms with van der Waals surface area (Å²) in [5.41, 5.74) is 1.62. The lowest BCUT2D eigenvalue weighted by molar-refractivity contribution is -0.122. The zero-order valence-electron chi connectivity index (χ0n) is 18.1. The van der Waals surface area contributed by atoms with E-state index in [4.69, 9.17) is 23.8 Å². The maximum Gasteiger partial charge on any atom is 0.270 e. The minimum absolute atomic E-state index is 0.0449. The number of hydrogen-bond donors (Lipinski definition) is 1. The quantitative estimate of drug-likeness (QED) is 0.446. The molecular weight excluding hydrogens is 464 g/mol. The molecule has 0 bridgehead atoms. The second kappa shape index (κ2) is 10.3. The largest absolute Gasteiger partial charge is 0.367 e. The van der Waals surface area contributed by atoms with Crippen LogP contribution in [0.2, 0.25) is 5.02 Å². The Morgan fingerprint density at radius 2 is 2.03 bits per heavy atom. The van der Waals surface area contributed by atoms with Crippen molar-refractivity contribution in [3.63, 3.8) is 0 Å². The number of halogens is 1. The first-order chi connectivity index (χ1) is 15.3. The Hall–Kier alpha value is -2.60. The molecule has 0 radical (unpaired) electrons. The fourth-order valence-corrected chi connectivity index (χ4v) is 4.90. The summed E-state index contributed by atoms with van der Waals surface area (Å²) in [4.78, 5) is 27.8. The third-order valence-corrected chi connectivity index (χ3v) is 7.03. The van der Waals surface area contributed by atoms with Gasteiger partial charge in [-0.2, -0.15) is 5.26 Å². The Balaban J connectivity index is 2.07. The summed E-state index contributed by atoms with van der Waals surface area (Å²) in [6, 6.07) is 9.41. The smallest absolute Gasteiger partial charge is 0.270 e. The van der Waals surface area contributed by atoms with Gasteiger partial charge in [0.25, 0.3) is 11.5 Å². The molecule has 1 amide bonds. The van der Waals surface area contributed by atoms with Gasteiger partial charge in [0.05, 0.1) is 4.91 Å². The molecule has 1 N–H and O–H groups in total. The van der Waals surface area contributed by atoms with E-state index in [9.17, 15) is 14.9 Å². The molecule has 0 atom stereocenters. The normalized spacial score (nSPS) is 14.8. The summed E-state index contributed by atoms with van der Waals surface area (Å²) in [5, 5.41) is 13.4. The molecule has 0 unspecified atom stereocenters. The van der Waals surface area contributed by atoms with E-state index in [1.165, 1.54) is 16.3 Å². The highest BCUT2D eigenvalue weighted by Crippen LogP contribution is 2.35. The number of hydrogen-bond acceptors (Lipinski definition) is 6. The number of thiocarbonyl (C=S) groups is 1. The highest BCUT2D eigenvalue weighted by atomic mass is 35.5. The number of unbranched alkanes of at least 4 members (excludes halogenated alkanes) is 1. The summed E-state index contributed by atoms with van der Waals surface area (Å²) < 4.78 is 1.91. The van der Waals surface area contributed by atoms with Crippen LogP contribution in [-0.2, 0) is 18.4 Å². The molecule has 3 rings (SSSR count). The molecule has 2 heterocycles. The Bertz CT molecular complexity index is 1210. The van der Waals surface area contributed by atoms with Crippen molar-refractivity contribution in [2.24, 2.45) is 7.05 Å². The van der Waals surface area contributed by atoms with Gasteiger partial charge < -0.3 is 5.32 Å². The van der Waals surface area contributed by atoms with Gasteiger partial charge in [-0.25, -0.2) is 0 Å². The van der Waals surface area contributed by atoms with Gasteiger partial charge in [0.15, 0.2) is 0 Å². The zero-order chi connectivity index (χ0) is 23.4. The number of anilines is 1. The molecule has 1 saturated heterocycles. The number of amides is 1. The van der Waals surface area contributed by atoms with Gasteiger partial charge in [-0.05, 0) is 36.6 Å².